The molecule has 0 amide bonds. The number of fused-ring (bicyclic) bond motifs is 1. The number of nitro benzene ring substituents is 1. The monoisotopic (exact) mass is 323 g/mol. The first-order valence-electron chi connectivity index (χ1n) is 6.07. The lowest BCUT2D eigenvalue weighted by atomic mass is 9.98. The number of nitrogens with zero attached hydrogens (tertiary/aromatic N) is 3. The lowest BCUT2D eigenvalue weighted by molar-refractivity contribution is -0.384. The fourth-order valence-electron chi connectivity index (χ4n) is 2.07. The fraction of sp³-hybridized carbons (Fsp3) is 0.385. The number of benzene rings is 1. The standard InChI is InChI=1S/C13H14BrN3O2/c1-3-11(14)8(2)13-10-6-9(17(18)19)4-5-12(10)15-7-16-13/h4-8,11H,3H2,1-2H3. The van der Waals surface area contributed by atoms with E-state index in [9.17, 15) is 10.1 Å². The minimum atomic E-state index is -0.397. The SMILES string of the molecule is CCC(Br)C(C)c1ncnc2ccc([N+](=O)[O-])cc12. The molecule has 0 aliphatic carbocycles. The van der Waals surface area contributed by atoms with E-state index in [-0.39, 0.29) is 16.4 Å². The molecule has 19 heavy (non-hydrogen) atoms. The zero-order chi connectivity index (χ0) is 14.0. The van der Waals surface area contributed by atoms with Gasteiger partial charge in [0.2, 0.25) is 0 Å². The number of rotatable bonds is 4. The van der Waals surface area contributed by atoms with E-state index in [4.69, 9.17) is 0 Å². The minimum Gasteiger partial charge on any atom is -0.258 e. The third-order valence-corrected chi connectivity index (χ3v) is 4.66. The van der Waals surface area contributed by atoms with E-state index >= 15 is 0 Å². The molecule has 2 atom stereocenters. The van der Waals surface area contributed by atoms with Crippen molar-refractivity contribution in [3.63, 3.8) is 0 Å². The number of halogens is 1. The molecule has 1 aromatic carbocycles. The molecule has 0 aliphatic rings. The average molecular weight is 324 g/mol. The zero-order valence-electron chi connectivity index (χ0n) is 10.7. The van der Waals surface area contributed by atoms with Crippen molar-refractivity contribution in [2.45, 2.75) is 31.0 Å². The summed E-state index contributed by atoms with van der Waals surface area (Å²) >= 11 is 3.62. The van der Waals surface area contributed by atoms with Crippen molar-refractivity contribution in [3.05, 3.63) is 40.3 Å². The van der Waals surface area contributed by atoms with Gasteiger partial charge in [0.15, 0.2) is 0 Å². The molecule has 6 heteroatoms. The second kappa shape index (κ2) is 5.61. The molecule has 0 spiro atoms. The van der Waals surface area contributed by atoms with Crippen molar-refractivity contribution >= 4 is 32.5 Å². The average Bonchev–Trinajstić information content (AvgIpc) is 2.44. The molecule has 2 unspecified atom stereocenters. The van der Waals surface area contributed by atoms with E-state index in [0.29, 0.717) is 0 Å². The van der Waals surface area contributed by atoms with Gasteiger partial charge < -0.3 is 0 Å². The molecule has 2 aromatic rings. The van der Waals surface area contributed by atoms with Gasteiger partial charge >= 0.3 is 0 Å². The van der Waals surface area contributed by atoms with Crippen LogP contribution in [0.3, 0.4) is 0 Å². The largest absolute Gasteiger partial charge is 0.270 e. The minimum absolute atomic E-state index is 0.0679. The number of non-ortho nitro benzene ring substituents is 1. The van der Waals surface area contributed by atoms with Crippen LogP contribution in [0.5, 0.6) is 0 Å². The summed E-state index contributed by atoms with van der Waals surface area (Å²) in [4.78, 5) is 19.2. The normalized spacial score (nSPS) is 14.3. The lowest BCUT2D eigenvalue weighted by Crippen LogP contribution is -2.10. The molecule has 100 valence electrons. The van der Waals surface area contributed by atoms with Crippen molar-refractivity contribution in [2.24, 2.45) is 0 Å². The molecule has 0 N–H and O–H groups in total. The zero-order valence-corrected chi connectivity index (χ0v) is 12.3. The lowest BCUT2D eigenvalue weighted by Gasteiger charge is -2.17. The van der Waals surface area contributed by atoms with Crippen molar-refractivity contribution in [3.8, 4) is 0 Å². The van der Waals surface area contributed by atoms with Crippen LogP contribution >= 0.6 is 15.9 Å². The Kier molecular flexibility index (Phi) is 4.09. The van der Waals surface area contributed by atoms with Crippen molar-refractivity contribution < 1.29 is 4.92 Å². The smallest absolute Gasteiger partial charge is 0.258 e. The topological polar surface area (TPSA) is 68.9 Å². The maximum atomic E-state index is 10.9. The van der Waals surface area contributed by atoms with Crippen LogP contribution in [0, 0.1) is 10.1 Å². The highest BCUT2D eigenvalue weighted by molar-refractivity contribution is 9.09. The van der Waals surface area contributed by atoms with Crippen molar-refractivity contribution in [1.82, 2.24) is 9.97 Å². The third-order valence-electron chi connectivity index (χ3n) is 3.22. The molecular weight excluding hydrogens is 310 g/mol. The molecular formula is C13H14BrN3O2. The first-order valence-corrected chi connectivity index (χ1v) is 6.99. The van der Waals surface area contributed by atoms with Gasteiger partial charge in [0.05, 0.1) is 16.1 Å². The number of alkyl halides is 1. The van der Waals surface area contributed by atoms with Crippen molar-refractivity contribution in [2.75, 3.05) is 0 Å². The van der Waals surface area contributed by atoms with Gasteiger partial charge in [-0.3, -0.25) is 10.1 Å². The predicted octanol–water partition coefficient (Wildman–Crippen LogP) is 3.82. The van der Waals surface area contributed by atoms with E-state index in [1.807, 2.05) is 0 Å². The maximum absolute atomic E-state index is 10.9. The van der Waals surface area contributed by atoms with Gasteiger partial charge in [0, 0.05) is 28.3 Å². The van der Waals surface area contributed by atoms with E-state index < -0.39 is 4.92 Å². The summed E-state index contributed by atoms with van der Waals surface area (Å²) < 4.78 is 0. The molecule has 0 saturated carbocycles. The molecule has 2 rings (SSSR count). The molecule has 0 bridgehead atoms. The van der Waals surface area contributed by atoms with Gasteiger partial charge in [-0.2, -0.15) is 0 Å². The Bertz CT molecular complexity index is 618. The molecule has 0 fully saturated rings. The van der Waals surface area contributed by atoms with Crippen LogP contribution < -0.4 is 0 Å². The Morgan fingerprint density at radius 1 is 1.42 bits per heavy atom. The summed E-state index contributed by atoms with van der Waals surface area (Å²) in [6, 6.07) is 4.69. The number of hydrogen-bond acceptors (Lipinski definition) is 4. The second-order valence-electron chi connectivity index (χ2n) is 4.43. The van der Waals surface area contributed by atoms with Gasteiger partial charge in [0.1, 0.15) is 6.33 Å². The van der Waals surface area contributed by atoms with Crippen LogP contribution in [0.2, 0.25) is 0 Å². The molecule has 1 heterocycles. The van der Waals surface area contributed by atoms with Crippen molar-refractivity contribution in [1.29, 1.82) is 0 Å². The summed E-state index contributed by atoms with van der Waals surface area (Å²) in [7, 11) is 0. The number of hydrogen-bond donors (Lipinski definition) is 0. The van der Waals surface area contributed by atoms with E-state index in [1.165, 1.54) is 12.4 Å². The Balaban J connectivity index is 2.60. The van der Waals surface area contributed by atoms with Crippen LogP contribution in [-0.4, -0.2) is 19.7 Å². The summed E-state index contributed by atoms with van der Waals surface area (Å²) in [6.45, 7) is 4.14. The fourth-order valence-corrected chi connectivity index (χ4v) is 2.32. The molecule has 0 saturated heterocycles. The maximum Gasteiger partial charge on any atom is 0.270 e. The van der Waals surface area contributed by atoms with Gasteiger partial charge in [-0.05, 0) is 12.5 Å². The quantitative estimate of drug-likeness (QED) is 0.487. The predicted molar refractivity (Wildman–Crippen MR) is 77.6 cm³/mol. The molecule has 1 aromatic heterocycles. The van der Waals surface area contributed by atoms with Crippen LogP contribution in [-0.2, 0) is 0 Å². The highest BCUT2D eigenvalue weighted by Crippen LogP contribution is 2.31. The highest BCUT2D eigenvalue weighted by Gasteiger charge is 2.19. The Labute approximate surface area is 119 Å². The van der Waals surface area contributed by atoms with E-state index in [1.54, 1.807) is 12.1 Å². The summed E-state index contributed by atoms with van der Waals surface area (Å²) in [6.07, 6.45) is 2.47. The first kappa shape index (κ1) is 13.9. The summed E-state index contributed by atoms with van der Waals surface area (Å²) in [5.74, 6) is 0.164. The summed E-state index contributed by atoms with van der Waals surface area (Å²) in [5, 5.41) is 11.6. The second-order valence-corrected chi connectivity index (χ2v) is 5.61. The number of nitro groups is 1. The number of aromatic nitrogens is 2. The van der Waals surface area contributed by atoms with Crippen LogP contribution in [0.4, 0.5) is 5.69 Å². The van der Waals surface area contributed by atoms with Gasteiger partial charge in [-0.25, -0.2) is 9.97 Å². The van der Waals surface area contributed by atoms with Crippen LogP contribution in [0.1, 0.15) is 31.9 Å². The van der Waals surface area contributed by atoms with Gasteiger partial charge in [-0.1, -0.05) is 29.8 Å². The van der Waals surface area contributed by atoms with Crippen LogP contribution in [0.25, 0.3) is 10.9 Å². The third kappa shape index (κ3) is 2.73. The first-order chi connectivity index (χ1) is 9.04. The van der Waals surface area contributed by atoms with E-state index in [0.717, 1.165) is 23.0 Å². The Hall–Kier alpha value is -1.56. The summed E-state index contributed by atoms with van der Waals surface area (Å²) in [5.41, 5.74) is 1.65. The molecule has 5 nitrogen and oxygen atoms in total. The molecule has 0 aliphatic heterocycles. The molecule has 0 radical (unpaired) electrons. The Morgan fingerprint density at radius 2 is 2.16 bits per heavy atom. The Morgan fingerprint density at radius 3 is 2.79 bits per heavy atom. The van der Waals surface area contributed by atoms with E-state index in [2.05, 4.69) is 39.7 Å². The van der Waals surface area contributed by atoms with Gasteiger partial charge in [0.25, 0.3) is 5.69 Å². The van der Waals surface area contributed by atoms with Crippen LogP contribution in [0.15, 0.2) is 24.5 Å². The van der Waals surface area contributed by atoms with Gasteiger partial charge in [-0.15, -0.1) is 0 Å². The highest BCUT2D eigenvalue weighted by atomic mass is 79.9.